The van der Waals surface area contributed by atoms with Crippen LogP contribution in [0.15, 0.2) is 0 Å². The van der Waals surface area contributed by atoms with Crippen molar-refractivity contribution in [2.75, 3.05) is 19.6 Å². The number of nitrogens with one attached hydrogen (secondary N) is 2. The first-order valence-corrected chi connectivity index (χ1v) is 6.53. The zero-order valence-electron chi connectivity index (χ0n) is 10.8. The summed E-state index contributed by atoms with van der Waals surface area (Å²) in [5.74, 6) is 2.48. The van der Waals surface area contributed by atoms with Crippen molar-refractivity contribution < 1.29 is 0 Å². The van der Waals surface area contributed by atoms with Gasteiger partial charge in [0.1, 0.15) is 0 Å². The minimum atomic E-state index is 0.716. The van der Waals surface area contributed by atoms with Gasteiger partial charge in [-0.25, -0.2) is 0 Å². The van der Waals surface area contributed by atoms with Crippen molar-refractivity contribution in [1.82, 2.24) is 10.6 Å². The molecule has 0 aromatic carbocycles. The maximum absolute atomic E-state index is 3.63. The van der Waals surface area contributed by atoms with Crippen molar-refractivity contribution in [3.05, 3.63) is 0 Å². The second-order valence-corrected chi connectivity index (χ2v) is 5.63. The van der Waals surface area contributed by atoms with E-state index in [1.807, 2.05) is 0 Å². The zero-order chi connectivity index (χ0) is 11.3. The Morgan fingerprint density at radius 2 is 2.07 bits per heavy atom. The molecule has 1 aliphatic rings. The summed E-state index contributed by atoms with van der Waals surface area (Å²) >= 11 is 0. The van der Waals surface area contributed by atoms with Crippen LogP contribution in [0.1, 0.15) is 40.5 Å². The van der Waals surface area contributed by atoms with Crippen LogP contribution in [0.3, 0.4) is 0 Å². The van der Waals surface area contributed by atoms with Crippen molar-refractivity contribution in [2.24, 2.45) is 17.8 Å². The van der Waals surface area contributed by atoms with E-state index >= 15 is 0 Å². The summed E-state index contributed by atoms with van der Waals surface area (Å²) in [6, 6.07) is 0.716. The molecule has 2 heteroatoms. The average molecular weight is 212 g/mol. The van der Waals surface area contributed by atoms with E-state index in [-0.39, 0.29) is 0 Å². The maximum Gasteiger partial charge on any atom is 0.00418 e. The predicted octanol–water partition coefficient (Wildman–Crippen LogP) is 2.26. The van der Waals surface area contributed by atoms with Crippen LogP contribution in [0, 0.1) is 17.8 Å². The van der Waals surface area contributed by atoms with E-state index in [9.17, 15) is 0 Å². The van der Waals surface area contributed by atoms with Crippen molar-refractivity contribution >= 4 is 0 Å². The smallest absolute Gasteiger partial charge is 0.00418 e. The Labute approximate surface area is 95.2 Å². The lowest BCUT2D eigenvalue weighted by Crippen LogP contribution is -2.40. The summed E-state index contributed by atoms with van der Waals surface area (Å²) in [6.45, 7) is 12.8. The van der Waals surface area contributed by atoms with Crippen LogP contribution in [0.25, 0.3) is 0 Å². The zero-order valence-corrected chi connectivity index (χ0v) is 10.8. The molecule has 0 aliphatic carbocycles. The molecule has 3 atom stereocenters. The van der Waals surface area contributed by atoms with Gasteiger partial charge in [0.25, 0.3) is 0 Å². The van der Waals surface area contributed by atoms with Gasteiger partial charge >= 0.3 is 0 Å². The van der Waals surface area contributed by atoms with E-state index in [0.717, 1.165) is 17.8 Å². The lowest BCUT2D eigenvalue weighted by Gasteiger charge is -2.28. The topological polar surface area (TPSA) is 24.1 Å². The van der Waals surface area contributed by atoms with E-state index in [1.165, 1.54) is 32.5 Å². The van der Waals surface area contributed by atoms with Gasteiger partial charge < -0.3 is 10.6 Å². The fourth-order valence-corrected chi connectivity index (χ4v) is 2.17. The summed E-state index contributed by atoms with van der Waals surface area (Å²) in [7, 11) is 0. The Kier molecular flexibility index (Phi) is 5.62. The number of hydrogen-bond donors (Lipinski definition) is 2. The second kappa shape index (κ2) is 6.49. The third-order valence-electron chi connectivity index (χ3n) is 3.77. The van der Waals surface area contributed by atoms with E-state index in [2.05, 4.69) is 38.3 Å². The molecule has 0 saturated carbocycles. The van der Waals surface area contributed by atoms with Crippen molar-refractivity contribution in [1.29, 1.82) is 0 Å². The molecule has 0 aromatic rings. The van der Waals surface area contributed by atoms with Crippen molar-refractivity contribution in [3.8, 4) is 0 Å². The highest BCUT2D eigenvalue weighted by Crippen LogP contribution is 2.15. The quantitative estimate of drug-likeness (QED) is 0.730. The van der Waals surface area contributed by atoms with Crippen LogP contribution in [0.4, 0.5) is 0 Å². The molecule has 0 aromatic heterocycles. The molecule has 90 valence electrons. The molecule has 1 aliphatic heterocycles. The first-order valence-electron chi connectivity index (χ1n) is 6.53. The van der Waals surface area contributed by atoms with E-state index < -0.39 is 0 Å². The molecular weight excluding hydrogens is 184 g/mol. The van der Waals surface area contributed by atoms with Crippen LogP contribution in [-0.2, 0) is 0 Å². The molecule has 0 bridgehead atoms. The largest absolute Gasteiger partial charge is 0.316 e. The first-order chi connectivity index (χ1) is 7.09. The molecule has 1 heterocycles. The Bertz CT molecular complexity index is 168. The number of hydrogen-bond acceptors (Lipinski definition) is 2. The highest BCUT2D eigenvalue weighted by Gasteiger charge is 2.18. The molecule has 0 spiro atoms. The molecule has 1 fully saturated rings. The van der Waals surface area contributed by atoms with Gasteiger partial charge in [-0.3, -0.25) is 0 Å². The maximum atomic E-state index is 3.63. The number of piperidine rings is 1. The summed E-state index contributed by atoms with van der Waals surface area (Å²) in [5, 5.41) is 7.13. The van der Waals surface area contributed by atoms with E-state index in [0.29, 0.717) is 6.04 Å². The van der Waals surface area contributed by atoms with E-state index in [4.69, 9.17) is 0 Å². The van der Waals surface area contributed by atoms with Crippen LogP contribution >= 0.6 is 0 Å². The molecule has 15 heavy (non-hydrogen) atoms. The lowest BCUT2D eigenvalue weighted by molar-refractivity contribution is 0.292. The third-order valence-corrected chi connectivity index (χ3v) is 3.77. The molecule has 2 N–H and O–H groups in total. The Hall–Kier alpha value is -0.0800. The van der Waals surface area contributed by atoms with Gasteiger partial charge in [-0.05, 0) is 57.2 Å². The van der Waals surface area contributed by atoms with E-state index in [1.54, 1.807) is 0 Å². The highest BCUT2D eigenvalue weighted by atomic mass is 14.9. The highest BCUT2D eigenvalue weighted by molar-refractivity contribution is 4.76. The molecule has 3 unspecified atom stereocenters. The molecule has 0 amide bonds. The second-order valence-electron chi connectivity index (χ2n) is 5.63. The summed E-state index contributed by atoms with van der Waals surface area (Å²) in [6.07, 6.45) is 2.68. The van der Waals surface area contributed by atoms with Gasteiger partial charge in [-0.1, -0.05) is 20.8 Å². The minimum Gasteiger partial charge on any atom is -0.316 e. The lowest BCUT2D eigenvalue weighted by atomic mass is 9.92. The minimum absolute atomic E-state index is 0.716. The van der Waals surface area contributed by atoms with Crippen molar-refractivity contribution in [2.45, 2.75) is 46.6 Å². The van der Waals surface area contributed by atoms with Crippen molar-refractivity contribution in [3.63, 3.8) is 0 Å². The SMILES string of the molecule is CC1CC(CNCC(C)C(C)C)CCN1. The van der Waals surface area contributed by atoms with Gasteiger partial charge in [-0.15, -0.1) is 0 Å². The van der Waals surface area contributed by atoms with Gasteiger partial charge in [0, 0.05) is 6.04 Å². The molecule has 2 nitrogen and oxygen atoms in total. The van der Waals surface area contributed by atoms with Crippen LogP contribution in [0.5, 0.6) is 0 Å². The average Bonchev–Trinajstić information content (AvgIpc) is 2.17. The Balaban J connectivity index is 2.09. The molecule has 1 rings (SSSR count). The monoisotopic (exact) mass is 212 g/mol. The summed E-state index contributed by atoms with van der Waals surface area (Å²) in [5.41, 5.74) is 0. The molecular formula is C13H28N2. The van der Waals surface area contributed by atoms with Gasteiger partial charge in [0.15, 0.2) is 0 Å². The first kappa shape index (κ1) is 13.0. The normalized spacial score (nSPS) is 29.4. The summed E-state index contributed by atoms with van der Waals surface area (Å²) in [4.78, 5) is 0. The Morgan fingerprint density at radius 1 is 1.33 bits per heavy atom. The van der Waals surface area contributed by atoms with Crippen LogP contribution in [-0.4, -0.2) is 25.7 Å². The fraction of sp³-hybridized carbons (Fsp3) is 1.00. The predicted molar refractivity (Wildman–Crippen MR) is 67.1 cm³/mol. The van der Waals surface area contributed by atoms with Gasteiger partial charge in [0.2, 0.25) is 0 Å². The molecule has 1 saturated heterocycles. The fourth-order valence-electron chi connectivity index (χ4n) is 2.17. The molecule has 0 radical (unpaired) electrons. The van der Waals surface area contributed by atoms with Crippen LogP contribution < -0.4 is 10.6 Å². The van der Waals surface area contributed by atoms with Gasteiger partial charge in [0.05, 0.1) is 0 Å². The Morgan fingerprint density at radius 3 is 2.67 bits per heavy atom. The standard InChI is InChI=1S/C13H28N2/c1-10(2)11(3)8-14-9-13-5-6-15-12(4)7-13/h10-15H,5-9H2,1-4H3. The summed E-state index contributed by atoms with van der Waals surface area (Å²) < 4.78 is 0. The third kappa shape index (κ3) is 4.98. The van der Waals surface area contributed by atoms with Crippen LogP contribution in [0.2, 0.25) is 0 Å². The number of rotatable bonds is 5. The van der Waals surface area contributed by atoms with Gasteiger partial charge in [-0.2, -0.15) is 0 Å².